The Balaban J connectivity index is 1.90. The molecule has 19 heavy (non-hydrogen) atoms. The van der Waals surface area contributed by atoms with Crippen molar-refractivity contribution in [2.45, 2.75) is 45.1 Å². The number of carbonyl (C=O) groups excluding carboxylic acids is 1. The van der Waals surface area contributed by atoms with E-state index >= 15 is 0 Å². The smallest absolute Gasteiger partial charge is 0.242 e. The van der Waals surface area contributed by atoms with Crippen LogP contribution in [0.15, 0.2) is 24.5 Å². The summed E-state index contributed by atoms with van der Waals surface area (Å²) in [5.41, 5.74) is 1.10. The second kappa shape index (κ2) is 7.12. The van der Waals surface area contributed by atoms with Gasteiger partial charge in [0.25, 0.3) is 0 Å². The number of aromatic nitrogens is 1. The third-order valence-corrected chi connectivity index (χ3v) is 3.63. The van der Waals surface area contributed by atoms with E-state index in [1.165, 1.54) is 12.8 Å². The largest absolute Gasteiger partial charge is 0.359 e. The first kappa shape index (κ1) is 13.8. The van der Waals surface area contributed by atoms with Crippen molar-refractivity contribution in [1.29, 1.82) is 0 Å². The molecule has 1 saturated heterocycles. The Bertz CT molecular complexity index is 394. The van der Waals surface area contributed by atoms with E-state index in [1.807, 2.05) is 12.1 Å². The van der Waals surface area contributed by atoms with Gasteiger partial charge in [-0.25, -0.2) is 0 Å². The highest BCUT2D eigenvalue weighted by Gasteiger charge is 2.30. The van der Waals surface area contributed by atoms with Crippen molar-refractivity contribution >= 4 is 11.6 Å². The molecule has 0 radical (unpaired) electrons. The first-order chi connectivity index (χ1) is 9.33. The zero-order valence-corrected chi connectivity index (χ0v) is 11.6. The summed E-state index contributed by atoms with van der Waals surface area (Å²) in [6.07, 6.45) is 9.02. The van der Waals surface area contributed by atoms with E-state index in [0.717, 1.165) is 38.0 Å². The minimum Gasteiger partial charge on any atom is -0.359 e. The third kappa shape index (κ3) is 3.69. The van der Waals surface area contributed by atoms with Crippen molar-refractivity contribution in [1.82, 2.24) is 10.3 Å². The van der Waals surface area contributed by atoms with E-state index in [9.17, 15) is 4.79 Å². The van der Waals surface area contributed by atoms with Gasteiger partial charge < -0.3 is 10.2 Å². The van der Waals surface area contributed by atoms with Crippen LogP contribution in [0.3, 0.4) is 0 Å². The molecule has 0 bridgehead atoms. The zero-order valence-electron chi connectivity index (χ0n) is 11.6. The molecule has 1 N–H and O–H groups in total. The van der Waals surface area contributed by atoms with Crippen LogP contribution < -0.4 is 10.2 Å². The van der Waals surface area contributed by atoms with Crippen molar-refractivity contribution in [2.24, 2.45) is 0 Å². The summed E-state index contributed by atoms with van der Waals surface area (Å²) in [5.74, 6) is 0.172. The van der Waals surface area contributed by atoms with Crippen LogP contribution in [0.1, 0.15) is 39.0 Å². The fourth-order valence-electron chi connectivity index (χ4n) is 2.59. The molecule has 4 heteroatoms. The van der Waals surface area contributed by atoms with Crippen LogP contribution in [0, 0.1) is 0 Å². The molecule has 0 aliphatic carbocycles. The van der Waals surface area contributed by atoms with Crippen LogP contribution in [0.4, 0.5) is 5.69 Å². The summed E-state index contributed by atoms with van der Waals surface area (Å²) in [6.45, 7) is 3.92. The monoisotopic (exact) mass is 261 g/mol. The summed E-state index contributed by atoms with van der Waals surface area (Å²) in [6, 6.07) is 3.94. The van der Waals surface area contributed by atoms with Gasteiger partial charge in [-0.15, -0.1) is 0 Å². The van der Waals surface area contributed by atoms with Gasteiger partial charge in [-0.05, 0) is 31.4 Å². The van der Waals surface area contributed by atoms with Crippen molar-refractivity contribution in [3.05, 3.63) is 24.5 Å². The lowest BCUT2D eigenvalue weighted by molar-refractivity contribution is -0.122. The molecule has 0 spiro atoms. The van der Waals surface area contributed by atoms with Crippen LogP contribution in [0.25, 0.3) is 0 Å². The summed E-state index contributed by atoms with van der Waals surface area (Å²) < 4.78 is 0. The minimum atomic E-state index is -0.0102. The van der Waals surface area contributed by atoms with Crippen molar-refractivity contribution < 1.29 is 4.79 Å². The maximum atomic E-state index is 12.2. The Labute approximate surface area is 115 Å². The lowest BCUT2D eigenvalue weighted by Gasteiger charge is -2.25. The molecule has 2 heterocycles. The summed E-state index contributed by atoms with van der Waals surface area (Å²) in [5, 5.41) is 3.06. The highest BCUT2D eigenvalue weighted by atomic mass is 16.2. The second-order valence-corrected chi connectivity index (χ2v) is 5.05. The molecule has 0 unspecified atom stereocenters. The van der Waals surface area contributed by atoms with Crippen molar-refractivity contribution in [2.75, 3.05) is 18.0 Å². The van der Waals surface area contributed by atoms with Crippen molar-refractivity contribution in [3.63, 3.8) is 0 Å². The molecule has 0 aromatic carbocycles. The van der Waals surface area contributed by atoms with E-state index in [1.54, 1.807) is 12.4 Å². The van der Waals surface area contributed by atoms with Crippen molar-refractivity contribution in [3.8, 4) is 0 Å². The molecule has 4 nitrogen and oxygen atoms in total. The first-order valence-corrected chi connectivity index (χ1v) is 7.27. The average molecular weight is 261 g/mol. The molecule has 2 rings (SSSR count). The molecule has 1 amide bonds. The highest BCUT2D eigenvalue weighted by molar-refractivity contribution is 5.85. The van der Waals surface area contributed by atoms with Gasteiger partial charge >= 0.3 is 0 Å². The average Bonchev–Trinajstić information content (AvgIpc) is 2.94. The number of carbonyl (C=O) groups is 1. The van der Waals surface area contributed by atoms with Gasteiger partial charge in [0.1, 0.15) is 6.04 Å². The molecule has 1 atom stereocenters. The summed E-state index contributed by atoms with van der Waals surface area (Å²) in [4.78, 5) is 18.4. The normalized spacial score (nSPS) is 18.6. The highest BCUT2D eigenvalue weighted by Crippen LogP contribution is 2.24. The van der Waals surface area contributed by atoms with Gasteiger partial charge in [-0.1, -0.05) is 19.8 Å². The number of amides is 1. The maximum absolute atomic E-state index is 12.2. The lowest BCUT2D eigenvalue weighted by atomic mass is 10.2. The van der Waals surface area contributed by atoms with Crippen LogP contribution in [-0.2, 0) is 4.79 Å². The summed E-state index contributed by atoms with van der Waals surface area (Å²) in [7, 11) is 0. The van der Waals surface area contributed by atoms with Gasteiger partial charge in [-0.2, -0.15) is 0 Å². The Morgan fingerprint density at radius 3 is 2.95 bits per heavy atom. The van der Waals surface area contributed by atoms with Crippen LogP contribution >= 0.6 is 0 Å². The number of unbranched alkanes of at least 4 members (excludes halogenated alkanes) is 2. The van der Waals surface area contributed by atoms with Gasteiger partial charge in [0.05, 0.1) is 0 Å². The van der Waals surface area contributed by atoms with E-state index in [4.69, 9.17) is 0 Å². The zero-order chi connectivity index (χ0) is 13.5. The minimum absolute atomic E-state index is 0.0102. The number of rotatable bonds is 6. The topological polar surface area (TPSA) is 45.2 Å². The number of hydrogen-bond acceptors (Lipinski definition) is 3. The number of anilines is 1. The maximum Gasteiger partial charge on any atom is 0.242 e. The van der Waals surface area contributed by atoms with Gasteiger partial charge in [0.15, 0.2) is 0 Å². The predicted molar refractivity (Wildman–Crippen MR) is 77.1 cm³/mol. The Kier molecular flexibility index (Phi) is 5.19. The third-order valence-electron chi connectivity index (χ3n) is 3.63. The quantitative estimate of drug-likeness (QED) is 0.800. The molecule has 1 fully saturated rings. The van der Waals surface area contributed by atoms with E-state index in [2.05, 4.69) is 22.1 Å². The van der Waals surface area contributed by atoms with Crippen LogP contribution in [-0.4, -0.2) is 30.0 Å². The fraction of sp³-hybridized carbons (Fsp3) is 0.600. The van der Waals surface area contributed by atoms with Crippen LogP contribution in [0.2, 0.25) is 0 Å². The fourth-order valence-corrected chi connectivity index (χ4v) is 2.59. The standard InChI is InChI=1S/C15H23N3O/c1-2-3-4-9-17-15(19)14-6-5-12-18(14)13-7-10-16-11-8-13/h7-8,10-11,14H,2-6,9,12H2,1H3,(H,17,19)/t14-/m0/s1. The van der Waals surface area contributed by atoms with E-state index < -0.39 is 0 Å². The van der Waals surface area contributed by atoms with Gasteiger partial charge in [0, 0.05) is 31.2 Å². The molecule has 104 valence electrons. The lowest BCUT2D eigenvalue weighted by Crippen LogP contribution is -2.43. The first-order valence-electron chi connectivity index (χ1n) is 7.27. The number of nitrogens with one attached hydrogen (secondary N) is 1. The molecule has 1 aromatic rings. The molecule has 1 aliphatic heterocycles. The van der Waals surface area contributed by atoms with E-state index in [0.29, 0.717) is 0 Å². The molecular weight excluding hydrogens is 238 g/mol. The van der Waals surface area contributed by atoms with Crippen LogP contribution in [0.5, 0.6) is 0 Å². The van der Waals surface area contributed by atoms with Gasteiger partial charge in [-0.3, -0.25) is 9.78 Å². The summed E-state index contributed by atoms with van der Waals surface area (Å²) >= 11 is 0. The van der Waals surface area contributed by atoms with E-state index in [-0.39, 0.29) is 11.9 Å². The Morgan fingerprint density at radius 2 is 2.21 bits per heavy atom. The Hall–Kier alpha value is -1.58. The number of nitrogens with zero attached hydrogens (tertiary/aromatic N) is 2. The van der Waals surface area contributed by atoms with Gasteiger partial charge in [0.2, 0.25) is 5.91 Å². The predicted octanol–water partition coefficient (Wildman–Crippen LogP) is 2.36. The number of pyridine rings is 1. The Morgan fingerprint density at radius 1 is 1.42 bits per heavy atom. The molecule has 1 aromatic heterocycles. The molecule has 0 saturated carbocycles. The second-order valence-electron chi connectivity index (χ2n) is 5.05. The number of hydrogen-bond donors (Lipinski definition) is 1. The SMILES string of the molecule is CCCCCNC(=O)[C@@H]1CCCN1c1ccncc1. The molecular formula is C15H23N3O. The molecule has 1 aliphatic rings.